The smallest absolute Gasteiger partial charge is 0.383 e. The van der Waals surface area contributed by atoms with Crippen LogP contribution in [0.25, 0.3) is 16.4 Å². The van der Waals surface area contributed by atoms with Gasteiger partial charge in [0.05, 0.1) is 5.56 Å². The molecule has 0 aliphatic heterocycles. The van der Waals surface area contributed by atoms with E-state index < -0.39 is 11.1 Å². The molecule has 0 spiro atoms. The van der Waals surface area contributed by atoms with Crippen molar-refractivity contribution < 1.29 is 13.2 Å². The van der Waals surface area contributed by atoms with E-state index >= 15 is 0 Å². The van der Waals surface area contributed by atoms with Crippen molar-refractivity contribution in [1.82, 2.24) is 19.7 Å². The lowest BCUT2D eigenvalue weighted by molar-refractivity contribution is -0.134. The van der Waals surface area contributed by atoms with Crippen molar-refractivity contribution in [2.24, 2.45) is 0 Å². The molecule has 23 heavy (non-hydrogen) atoms. The fourth-order valence-electron chi connectivity index (χ4n) is 1.96. The predicted molar refractivity (Wildman–Crippen MR) is 83.7 cm³/mol. The molecule has 3 aromatic rings. The van der Waals surface area contributed by atoms with Gasteiger partial charge in [-0.2, -0.15) is 23.0 Å². The molecule has 0 aliphatic carbocycles. The van der Waals surface area contributed by atoms with Gasteiger partial charge in [-0.3, -0.25) is 0 Å². The molecule has 10 heteroatoms. The van der Waals surface area contributed by atoms with Crippen LogP contribution in [0.3, 0.4) is 0 Å². The molecule has 0 bridgehead atoms. The van der Waals surface area contributed by atoms with Crippen LogP contribution in [0.4, 0.5) is 19.0 Å². The zero-order chi connectivity index (χ0) is 16.6. The van der Waals surface area contributed by atoms with Crippen molar-refractivity contribution >= 4 is 28.9 Å². The summed E-state index contributed by atoms with van der Waals surface area (Å²) >= 11 is 1.93. The summed E-state index contributed by atoms with van der Waals surface area (Å²) < 4.78 is 39.7. The van der Waals surface area contributed by atoms with Crippen LogP contribution in [0.1, 0.15) is 4.88 Å². The summed E-state index contributed by atoms with van der Waals surface area (Å²) in [6.07, 6.45) is 0.471. The van der Waals surface area contributed by atoms with Crippen molar-refractivity contribution in [2.75, 3.05) is 12.0 Å². The Balaban J connectivity index is 2.13. The number of hydrogen-bond donors (Lipinski definition) is 1. The van der Waals surface area contributed by atoms with Crippen molar-refractivity contribution in [1.29, 1.82) is 0 Å². The van der Waals surface area contributed by atoms with Crippen LogP contribution in [0.5, 0.6) is 0 Å². The molecule has 0 unspecified atom stereocenters. The highest BCUT2D eigenvalue weighted by atomic mass is 32.2. The molecular weight excluding hydrogens is 347 g/mol. The monoisotopic (exact) mass is 357 g/mol. The molecule has 120 valence electrons. The lowest BCUT2D eigenvalue weighted by Crippen LogP contribution is -2.06. The standard InChI is InChI=1S/C13H10F3N5S2/c1-22-11-9(7-3-4-8(23-7)13(14,15)16)10(17)21(20-11)12-18-5-2-6-19-12/h2-6H,17H2,1H3. The Morgan fingerprint density at radius 3 is 2.48 bits per heavy atom. The average molecular weight is 357 g/mol. The first-order valence-electron chi connectivity index (χ1n) is 6.29. The van der Waals surface area contributed by atoms with Crippen LogP contribution in [0.15, 0.2) is 35.6 Å². The molecule has 0 amide bonds. The maximum atomic E-state index is 12.8. The first-order chi connectivity index (χ1) is 10.9. The van der Waals surface area contributed by atoms with E-state index in [0.29, 0.717) is 26.8 Å². The third-order valence-electron chi connectivity index (χ3n) is 2.96. The molecule has 0 aliphatic rings. The van der Waals surface area contributed by atoms with Crippen molar-refractivity contribution in [3.05, 3.63) is 35.5 Å². The number of nitrogens with two attached hydrogens (primary N) is 1. The van der Waals surface area contributed by atoms with E-state index in [9.17, 15) is 13.2 Å². The molecule has 0 saturated heterocycles. The van der Waals surface area contributed by atoms with E-state index in [-0.39, 0.29) is 11.8 Å². The third kappa shape index (κ3) is 2.91. The number of halogens is 3. The molecule has 3 rings (SSSR count). The fraction of sp³-hybridized carbons (Fsp3) is 0.154. The third-order valence-corrected chi connectivity index (χ3v) is 4.78. The van der Waals surface area contributed by atoms with Crippen molar-refractivity contribution in [3.8, 4) is 16.4 Å². The molecule has 0 radical (unpaired) electrons. The summed E-state index contributed by atoms with van der Waals surface area (Å²) in [5.41, 5.74) is 6.56. The minimum Gasteiger partial charge on any atom is -0.383 e. The maximum Gasteiger partial charge on any atom is 0.425 e. The highest BCUT2D eigenvalue weighted by molar-refractivity contribution is 7.98. The van der Waals surface area contributed by atoms with Crippen LogP contribution in [0.2, 0.25) is 0 Å². The van der Waals surface area contributed by atoms with Gasteiger partial charge < -0.3 is 5.73 Å². The number of aromatic nitrogens is 4. The van der Waals surface area contributed by atoms with Crippen LogP contribution in [-0.4, -0.2) is 26.0 Å². The first kappa shape index (κ1) is 15.8. The van der Waals surface area contributed by atoms with Gasteiger partial charge in [-0.05, 0) is 24.5 Å². The van der Waals surface area contributed by atoms with Gasteiger partial charge in [0.25, 0.3) is 5.95 Å². The maximum absolute atomic E-state index is 12.8. The van der Waals surface area contributed by atoms with Crippen LogP contribution in [0, 0.1) is 0 Å². The molecule has 0 aromatic carbocycles. The summed E-state index contributed by atoms with van der Waals surface area (Å²) in [5, 5.41) is 4.82. The Bertz CT molecular complexity index is 826. The lowest BCUT2D eigenvalue weighted by Gasteiger charge is -2.02. The second kappa shape index (κ2) is 5.85. The summed E-state index contributed by atoms with van der Waals surface area (Å²) in [6, 6.07) is 4.09. The van der Waals surface area contributed by atoms with Gasteiger partial charge in [-0.1, -0.05) is 0 Å². The van der Waals surface area contributed by atoms with Gasteiger partial charge in [-0.15, -0.1) is 23.1 Å². The average Bonchev–Trinajstić information content (AvgIpc) is 3.12. The summed E-state index contributed by atoms with van der Waals surface area (Å²) in [4.78, 5) is 7.85. The molecule has 0 fully saturated rings. The van der Waals surface area contributed by atoms with E-state index in [1.165, 1.54) is 34.9 Å². The number of hydrogen-bond acceptors (Lipinski definition) is 6. The van der Waals surface area contributed by atoms with Crippen LogP contribution in [-0.2, 0) is 6.18 Å². The first-order valence-corrected chi connectivity index (χ1v) is 8.33. The molecule has 5 nitrogen and oxygen atoms in total. The topological polar surface area (TPSA) is 69.6 Å². The number of alkyl halides is 3. The SMILES string of the molecule is CSc1nn(-c2ncccn2)c(N)c1-c1ccc(C(F)(F)F)s1. The molecule has 2 N–H and O–H groups in total. The van der Waals surface area contributed by atoms with Crippen molar-refractivity contribution in [3.63, 3.8) is 0 Å². The highest BCUT2D eigenvalue weighted by Crippen LogP contribution is 2.43. The summed E-state index contributed by atoms with van der Waals surface area (Å²) in [6.45, 7) is 0. The molecule has 3 aromatic heterocycles. The molecule has 0 saturated carbocycles. The summed E-state index contributed by atoms with van der Waals surface area (Å²) in [5.74, 6) is 0.468. The Morgan fingerprint density at radius 1 is 1.22 bits per heavy atom. The molecular formula is C13H10F3N5S2. The van der Waals surface area contributed by atoms with E-state index in [0.717, 1.165) is 6.07 Å². The molecule has 3 heterocycles. The summed E-state index contributed by atoms with van der Waals surface area (Å²) in [7, 11) is 0. The quantitative estimate of drug-likeness (QED) is 0.724. The Labute approximate surface area is 137 Å². The highest BCUT2D eigenvalue weighted by Gasteiger charge is 2.33. The minimum absolute atomic E-state index is 0.205. The zero-order valence-electron chi connectivity index (χ0n) is 11.7. The van der Waals surface area contributed by atoms with E-state index in [1.54, 1.807) is 12.3 Å². The zero-order valence-corrected chi connectivity index (χ0v) is 13.3. The second-order valence-electron chi connectivity index (χ2n) is 4.39. The fourth-order valence-corrected chi connectivity index (χ4v) is 3.54. The number of nitrogens with zero attached hydrogens (tertiary/aromatic N) is 4. The number of thioether (sulfide) groups is 1. The van der Waals surface area contributed by atoms with Gasteiger partial charge in [0.2, 0.25) is 0 Å². The van der Waals surface area contributed by atoms with Gasteiger partial charge in [-0.25, -0.2) is 9.97 Å². The Hall–Kier alpha value is -2.07. The lowest BCUT2D eigenvalue weighted by atomic mass is 10.2. The number of thiophene rings is 1. The Kier molecular flexibility index (Phi) is 4.02. The van der Waals surface area contributed by atoms with E-state index in [2.05, 4.69) is 15.1 Å². The normalized spacial score (nSPS) is 11.8. The van der Waals surface area contributed by atoms with Gasteiger partial charge in [0.1, 0.15) is 15.7 Å². The number of anilines is 1. The predicted octanol–water partition coefficient (Wildman–Crippen LogP) is 3.71. The number of nitrogen functional groups attached to an aromatic ring is 1. The number of rotatable bonds is 3. The van der Waals surface area contributed by atoms with E-state index in [1.807, 2.05) is 0 Å². The van der Waals surface area contributed by atoms with Gasteiger partial charge in [0.15, 0.2) is 0 Å². The van der Waals surface area contributed by atoms with Gasteiger partial charge >= 0.3 is 6.18 Å². The van der Waals surface area contributed by atoms with Crippen LogP contribution < -0.4 is 5.73 Å². The second-order valence-corrected chi connectivity index (χ2v) is 6.27. The van der Waals surface area contributed by atoms with Crippen LogP contribution >= 0.6 is 23.1 Å². The van der Waals surface area contributed by atoms with Gasteiger partial charge in [0, 0.05) is 17.3 Å². The minimum atomic E-state index is -4.38. The molecule has 0 atom stereocenters. The Morgan fingerprint density at radius 2 is 1.91 bits per heavy atom. The largest absolute Gasteiger partial charge is 0.425 e. The van der Waals surface area contributed by atoms with E-state index in [4.69, 9.17) is 5.73 Å². The van der Waals surface area contributed by atoms with Crippen molar-refractivity contribution in [2.45, 2.75) is 11.2 Å².